The molecule has 3 saturated carbocycles. The number of aliphatic hydroxyl groups is 5. The molecular formula is C43H68O13. The van der Waals surface area contributed by atoms with Gasteiger partial charge in [-0.2, -0.15) is 0 Å². The lowest BCUT2D eigenvalue weighted by atomic mass is 9.41. The molecule has 0 aromatic rings. The molecule has 5 N–H and O–H groups in total. The normalized spacial score (nSPS) is 51.0. The van der Waals surface area contributed by atoms with Crippen molar-refractivity contribution in [3.63, 3.8) is 0 Å². The van der Waals surface area contributed by atoms with Crippen LogP contribution in [0.1, 0.15) is 120 Å². The van der Waals surface area contributed by atoms with Gasteiger partial charge in [0.25, 0.3) is 0 Å². The van der Waals surface area contributed by atoms with Crippen LogP contribution in [-0.2, 0) is 38.0 Å². The van der Waals surface area contributed by atoms with E-state index in [2.05, 4.69) is 54.5 Å². The van der Waals surface area contributed by atoms with Crippen molar-refractivity contribution in [3.05, 3.63) is 11.6 Å². The van der Waals surface area contributed by atoms with Crippen molar-refractivity contribution in [2.75, 3.05) is 6.61 Å². The summed E-state index contributed by atoms with van der Waals surface area (Å²) in [5.74, 6) is 0.210. The molecule has 0 aromatic carbocycles. The molecule has 12 unspecified atom stereocenters. The highest BCUT2D eigenvalue weighted by Gasteiger charge is 2.79. The quantitative estimate of drug-likeness (QED) is 0.167. The summed E-state index contributed by atoms with van der Waals surface area (Å²) in [6.07, 6.45) is -3.13. The second-order valence-electron chi connectivity index (χ2n) is 20.2. The maximum Gasteiger partial charge on any atom is 0.314 e. The van der Waals surface area contributed by atoms with Gasteiger partial charge in [0.1, 0.15) is 48.3 Å². The first-order valence-corrected chi connectivity index (χ1v) is 21.2. The van der Waals surface area contributed by atoms with E-state index in [1.165, 1.54) is 12.5 Å². The van der Waals surface area contributed by atoms with Gasteiger partial charge in [0.15, 0.2) is 12.6 Å². The third-order valence-electron chi connectivity index (χ3n) is 16.1. The topological polar surface area (TPSA) is 191 Å². The molecule has 7 rings (SSSR count). The van der Waals surface area contributed by atoms with Crippen LogP contribution in [0.2, 0.25) is 0 Å². The summed E-state index contributed by atoms with van der Waals surface area (Å²) in [6, 6.07) is 0. The Morgan fingerprint density at radius 2 is 1.66 bits per heavy atom. The highest BCUT2D eigenvalue weighted by atomic mass is 16.8. The highest BCUT2D eigenvalue weighted by Crippen LogP contribution is 2.76. The van der Waals surface area contributed by atoms with E-state index >= 15 is 0 Å². The minimum absolute atomic E-state index is 0.137. The monoisotopic (exact) mass is 792 g/mol. The van der Waals surface area contributed by atoms with Crippen LogP contribution in [0, 0.1) is 45.3 Å². The minimum Gasteiger partial charge on any atom is -0.462 e. The lowest BCUT2D eigenvalue weighted by Gasteiger charge is -2.63. The number of hydrogen-bond donors (Lipinski definition) is 5. The fourth-order valence-corrected chi connectivity index (χ4v) is 13.3. The number of hydrogen-bond acceptors (Lipinski definition) is 13. The number of carbonyl (C=O) groups is 2. The van der Waals surface area contributed by atoms with Gasteiger partial charge >= 0.3 is 11.9 Å². The summed E-state index contributed by atoms with van der Waals surface area (Å²) in [5.41, 5.74) is -1.26. The van der Waals surface area contributed by atoms with Crippen molar-refractivity contribution in [1.82, 2.24) is 0 Å². The molecule has 318 valence electrons. The minimum atomic E-state index is -1.61. The molecule has 3 saturated heterocycles. The van der Waals surface area contributed by atoms with Gasteiger partial charge in [-0.25, -0.2) is 0 Å². The van der Waals surface area contributed by atoms with E-state index in [0.29, 0.717) is 25.2 Å². The zero-order valence-corrected chi connectivity index (χ0v) is 34.8. The van der Waals surface area contributed by atoms with Crippen LogP contribution in [0.25, 0.3) is 0 Å². The van der Waals surface area contributed by atoms with Gasteiger partial charge in [-0.15, -0.1) is 0 Å². The van der Waals surface area contributed by atoms with Gasteiger partial charge in [0, 0.05) is 12.3 Å². The molecule has 3 heterocycles. The maximum atomic E-state index is 14.5. The van der Waals surface area contributed by atoms with E-state index < -0.39 is 83.3 Å². The molecule has 3 aliphatic heterocycles. The Balaban J connectivity index is 1.14. The molecule has 13 nitrogen and oxygen atoms in total. The Kier molecular flexibility index (Phi) is 11.2. The Morgan fingerprint density at radius 3 is 2.34 bits per heavy atom. The number of esters is 2. The van der Waals surface area contributed by atoms with Crippen LogP contribution in [0.3, 0.4) is 0 Å². The van der Waals surface area contributed by atoms with Crippen molar-refractivity contribution in [2.45, 2.75) is 193 Å². The van der Waals surface area contributed by atoms with Crippen LogP contribution in [0.5, 0.6) is 0 Å². The summed E-state index contributed by atoms with van der Waals surface area (Å²) in [6.45, 7) is 18.3. The summed E-state index contributed by atoms with van der Waals surface area (Å²) in [5, 5.41) is 53.0. The third kappa shape index (κ3) is 6.44. The van der Waals surface area contributed by atoms with Gasteiger partial charge in [-0.05, 0) is 93.8 Å². The van der Waals surface area contributed by atoms with Crippen molar-refractivity contribution in [3.8, 4) is 0 Å². The van der Waals surface area contributed by atoms with Crippen LogP contribution in [0.4, 0.5) is 0 Å². The zero-order chi connectivity index (χ0) is 40.9. The molecule has 18 atom stereocenters. The molecule has 0 bridgehead atoms. The fourth-order valence-electron chi connectivity index (χ4n) is 13.3. The van der Waals surface area contributed by atoms with Gasteiger partial charge in [-0.1, -0.05) is 59.6 Å². The molecule has 0 radical (unpaired) electrons. The molecule has 56 heavy (non-hydrogen) atoms. The Labute approximate surface area is 331 Å². The van der Waals surface area contributed by atoms with Gasteiger partial charge in [0.2, 0.25) is 0 Å². The van der Waals surface area contributed by atoms with Gasteiger partial charge < -0.3 is 54.0 Å². The van der Waals surface area contributed by atoms with E-state index in [1.807, 2.05) is 0 Å². The standard InChI is InChI=1S/C43H68O13/c1-21(2)11-10-16-42(9)35-27(53-23(4)44)19-41(8)25-12-13-28-39(5,6)29(15-17-40(28,7)24(25)14-18-43(35,41)38(50)56-42)54-37-34(31(47)26(45)20-51-37)55-36-33(49)32(48)30(46)22(3)52-36/h12,21-22,24,26-37,45-49H,10-11,13-20H2,1-9H3/t22?,24-,26?,27-,28+,29?,30?,31?,32?,33?,34?,35-,36?,37?,40?,41+,42+,43?/m1/s1. The molecule has 4 aliphatic carbocycles. The fraction of sp³-hybridized carbons (Fsp3) is 0.907. The number of ether oxygens (including phenoxy) is 6. The molecule has 6 fully saturated rings. The van der Waals surface area contributed by atoms with Crippen molar-refractivity contribution in [1.29, 1.82) is 0 Å². The van der Waals surface area contributed by atoms with Crippen molar-refractivity contribution < 1.29 is 63.5 Å². The second-order valence-corrected chi connectivity index (χ2v) is 20.2. The smallest absolute Gasteiger partial charge is 0.314 e. The van der Waals surface area contributed by atoms with E-state index in [0.717, 1.165) is 38.5 Å². The average molecular weight is 793 g/mol. The van der Waals surface area contributed by atoms with Crippen LogP contribution in [-0.4, -0.2) is 117 Å². The van der Waals surface area contributed by atoms with E-state index in [9.17, 15) is 35.1 Å². The molecule has 1 spiro atoms. The summed E-state index contributed by atoms with van der Waals surface area (Å²) < 4.78 is 37.0. The molecule has 0 aromatic heterocycles. The second kappa shape index (κ2) is 14.8. The van der Waals surface area contributed by atoms with Gasteiger partial charge in [-0.3, -0.25) is 9.59 Å². The first-order valence-electron chi connectivity index (χ1n) is 21.2. The first kappa shape index (κ1) is 42.4. The number of allylic oxidation sites excluding steroid dienone is 2. The molecule has 13 heteroatoms. The maximum absolute atomic E-state index is 14.5. The number of fused-ring (bicyclic) bond motifs is 4. The third-order valence-corrected chi connectivity index (χ3v) is 16.1. The number of rotatable bonds is 9. The molecule has 0 amide bonds. The summed E-state index contributed by atoms with van der Waals surface area (Å²) in [4.78, 5) is 27.1. The van der Waals surface area contributed by atoms with Crippen LogP contribution >= 0.6 is 0 Å². The first-order chi connectivity index (χ1) is 26.1. The predicted molar refractivity (Wildman–Crippen MR) is 201 cm³/mol. The van der Waals surface area contributed by atoms with Gasteiger partial charge in [0.05, 0.1) is 30.1 Å². The predicted octanol–water partition coefficient (Wildman–Crippen LogP) is 3.93. The number of aliphatic hydroxyl groups excluding tert-OH is 5. The Hall–Kier alpha value is -1.68. The number of cyclic esters (lactones) is 1. The van der Waals surface area contributed by atoms with Crippen LogP contribution in [0.15, 0.2) is 11.6 Å². The average Bonchev–Trinajstić information content (AvgIpc) is 3.51. The Morgan fingerprint density at radius 1 is 0.946 bits per heavy atom. The van der Waals surface area contributed by atoms with Crippen molar-refractivity contribution in [2.24, 2.45) is 45.3 Å². The zero-order valence-electron chi connectivity index (χ0n) is 34.8. The number of carbonyl (C=O) groups excluding carboxylic acids is 2. The van der Waals surface area contributed by atoms with E-state index in [-0.39, 0.29) is 47.8 Å². The van der Waals surface area contributed by atoms with Crippen LogP contribution < -0.4 is 0 Å². The lowest BCUT2D eigenvalue weighted by molar-refractivity contribution is -0.363. The van der Waals surface area contributed by atoms with E-state index in [1.54, 1.807) is 6.92 Å². The van der Waals surface area contributed by atoms with E-state index in [4.69, 9.17) is 28.4 Å². The molecular weight excluding hydrogens is 724 g/mol. The summed E-state index contributed by atoms with van der Waals surface area (Å²) >= 11 is 0. The van der Waals surface area contributed by atoms with Crippen molar-refractivity contribution >= 4 is 11.9 Å². The summed E-state index contributed by atoms with van der Waals surface area (Å²) in [7, 11) is 0. The lowest BCUT2D eigenvalue weighted by Crippen LogP contribution is -2.63. The largest absolute Gasteiger partial charge is 0.462 e. The highest BCUT2D eigenvalue weighted by molar-refractivity contribution is 5.84. The Bertz CT molecular complexity index is 1530. The molecule has 7 aliphatic rings. The SMILES string of the molecule is CC(=O)O[C@@H]1C[C@@]2(C)C3=CC[C@H]4C(C)(C)C(OC5OCC(O)C(O)C5OC5OC(C)C(O)C(O)C5O)CCC4(C)[C@@H]3CCC23C(=O)O[C@@](C)(CCCC(C)C)[C@@H]13.